The summed E-state index contributed by atoms with van der Waals surface area (Å²) >= 11 is 0. The summed E-state index contributed by atoms with van der Waals surface area (Å²) in [5.74, 6) is -1.61. The Kier molecular flexibility index (Phi) is 6.29. The van der Waals surface area contributed by atoms with Crippen LogP contribution in [0.3, 0.4) is 0 Å². The van der Waals surface area contributed by atoms with E-state index >= 15 is 0 Å². The van der Waals surface area contributed by atoms with E-state index in [0.29, 0.717) is 5.69 Å². The maximum atomic E-state index is 12.3. The van der Waals surface area contributed by atoms with E-state index in [1.54, 1.807) is 18.2 Å². The van der Waals surface area contributed by atoms with E-state index in [4.69, 9.17) is 4.74 Å². The fourth-order valence-electron chi connectivity index (χ4n) is 2.82. The highest BCUT2D eigenvalue weighted by Gasteiger charge is 2.17. The van der Waals surface area contributed by atoms with Crippen LogP contribution in [0.5, 0.6) is 0 Å². The second-order valence-electron chi connectivity index (χ2n) is 6.62. The molecule has 3 aromatic carbocycles. The van der Waals surface area contributed by atoms with Gasteiger partial charge in [0.25, 0.3) is 5.91 Å². The van der Waals surface area contributed by atoms with Crippen molar-refractivity contribution in [3.05, 3.63) is 72.3 Å². The number of hydrogen-bond acceptors (Lipinski definition) is 5. The third-order valence-electron chi connectivity index (χ3n) is 4.38. The minimum Gasteiger partial charge on any atom is -0.456 e. The third-order valence-corrected chi connectivity index (χ3v) is 6.11. The maximum absolute atomic E-state index is 12.3. The summed E-state index contributed by atoms with van der Waals surface area (Å²) in [6, 6.07) is 19.5. The summed E-state index contributed by atoms with van der Waals surface area (Å²) in [6.07, 6.45) is -0.322. The van der Waals surface area contributed by atoms with Gasteiger partial charge in [-0.05, 0) is 30.5 Å². The Morgan fingerprint density at radius 3 is 2.38 bits per heavy atom. The molecular weight excluding hydrogens is 390 g/mol. The second-order valence-corrected chi connectivity index (χ2v) is 8.73. The molecule has 3 aromatic rings. The number of ether oxygens (including phenoxy) is 1. The highest BCUT2D eigenvalue weighted by molar-refractivity contribution is 7.91. The summed E-state index contributed by atoms with van der Waals surface area (Å²) in [4.78, 5) is 24.1. The standard InChI is InChI=1S/C22H21NO5S/c1-16-9-11-18(12-10-16)29(26,27)14-13-22(25)28-15-21(24)23-20-8-4-6-17-5-2-3-7-19(17)20/h2-12H,13-15H2,1H3,(H,23,24). The monoisotopic (exact) mass is 411 g/mol. The van der Waals surface area contributed by atoms with Crippen molar-refractivity contribution in [2.45, 2.75) is 18.2 Å². The Morgan fingerprint density at radius 1 is 0.931 bits per heavy atom. The lowest BCUT2D eigenvalue weighted by Crippen LogP contribution is -2.22. The zero-order valence-corrected chi connectivity index (χ0v) is 16.7. The van der Waals surface area contributed by atoms with E-state index in [1.807, 2.05) is 43.3 Å². The Labute approximate surface area is 169 Å². The van der Waals surface area contributed by atoms with Crippen LogP contribution < -0.4 is 5.32 Å². The van der Waals surface area contributed by atoms with E-state index in [0.717, 1.165) is 16.3 Å². The molecule has 0 aliphatic heterocycles. The Balaban J connectivity index is 1.51. The van der Waals surface area contributed by atoms with E-state index in [-0.39, 0.29) is 17.1 Å². The van der Waals surface area contributed by atoms with Gasteiger partial charge in [-0.1, -0.05) is 54.1 Å². The molecule has 0 aliphatic rings. The zero-order valence-electron chi connectivity index (χ0n) is 15.9. The summed E-state index contributed by atoms with van der Waals surface area (Å²) < 4.78 is 29.5. The first-order valence-electron chi connectivity index (χ1n) is 9.08. The van der Waals surface area contributed by atoms with Crippen molar-refractivity contribution in [1.82, 2.24) is 0 Å². The first-order valence-corrected chi connectivity index (χ1v) is 10.7. The molecule has 0 saturated heterocycles. The molecule has 29 heavy (non-hydrogen) atoms. The van der Waals surface area contributed by atoms with Gasteiger partial charge < -0.3 is 10.1 Å². The molecule has 150 valence electrons. The summed E-state index contributed by atoms with van der Waals surface area (Å²) in [7, 11) is -3.58. The lowest BCUT2D eigenvalue weighted by atomic mass is 10.1. The largest absolute Gasteiger partial charge is 0.456 e. The first-order chi connectivity index (χ1) is 13.8. The maximum Gasteiger partial charge on any atom is 0.307 e. The number of anilines is 1. The number of carbonyl (C=O) groups excluding carboxylic acids is 2. The van der Waals surface area contributed by atoms with Gasteiger partial charge in [0.2, 0.25) is 0 Å². The predicted molar refractivity (Wildman–Crippen MR) is 111 cm³/mol. The van der Waals surface area contributed by atoms with Gasteiger partial charge in [0.15, 0.2) is 16.4 Å². The van der Waals surface area contributed by atoms with Gasteiger partial charge in [0.05, 0.1) is 17.1 Å². The number of hydrogen-bond donors (Lipinski definition) is 1. The van der Waals surface area contributed by atoms with Gasteiger partial charge in [-0.3, -0.25) is 9.59 Å². The van der Waals surface area contributed by atoms with Crippen molar-refractivity contribution in [1.29, 1.82) is 0 Å². The van der Waals surface area contributed by atoms with Gasteiger partial charge in [-0.25, -0.2) is 8.42 Å². The molecule has 0 fully saturated rings. The molecule has 0 bridgehead atoms. The van der Waals surface area contributed by atoms with Crippen LogP contribution in [-0.4, -0.2) is 32.7 Å². The summed E-state index contributed by atoms with van der Waals surface area (Å²) in [5.41, 5.74) is 1.56. The fourth-order valence-corrected chi connectivity index (χ4v) is 4.04. The third kappa shape index (κ3) is 5.42. The van der Waals surface area contributed by atoms with Crippen molar-refractivity contribution >= 4 is 38.2 Å². The van der Waals surface area contributed by atoms with Crippen LogP contribution in [-0.2, 0) is 24.2 Å². The van der Waals surface area contributed by atoms with Crippen LogP contribution in [0, 0.1) is 6.92 Å². The number of carbonyl (C=O) groups is 2. The summed E-state index contributed by atoms with van der Waals surface area (Å²) in [5, 5.41) is 4.56. The molecule has 0 atom stereocenters. The topological polar surface area (TPSA) is 89.5 Å². The molecule has 3 rings (SSSR count). The Morgan fingerprint density at radius 2 is 1.62 bits per heavy atom. The van der Waals surface area contributed by atoms with Crippen LogP contribution in [0.2, 0.25) is 0 Å². The predicted octanol–water partition coefficient (Wildman–Crippen LogP) is 3.49. The minimum atomic E-state index is -3.58. The SMILES string of the molecule is Cc1ccc(S(=O)(=O)CCC(=O)OCC(=O)Nc2cccc3ccccc23)cc1. The molecule has 0 saturated carbocycles. The van der Waals surface area contributed by atoms with Gasteiger partial charge in [-0.15, -0.1) is 0 Å². The molecular formula is C22H21NO5S. The average molecular weight is 411 g/mol. The second kappa shape index (κ2) is 8.87. The average Bonchev–Trinajstić information content (AvgIpc) is 2.71. The normalized spacial score (nSPS) is 11.2. The van der Waals surface area contributed by atoms with Crippen molar-refractivity contribution in [3.63, 3.8) is 0 Å². The van der Waals surface area contributed by atoms with E-state index in [2.05, 4.69) is 5.32 Å². The molecule has 6 nitrogen and oxygen atoms in total. The fraction of sp³-hybridized carbons (Fsp3) is 0.182. The van der Waals surface area contributed by atoms with Crippen molar-refractivity contribution in [2.75, 3.05) is 17.7 Å². The van der Waals surface area contributed by atoms with Crippen LogP contribution in [0.4, 0.5) is 5.69 Å². The first kappa shape index (κ1) is 20.5. The lowest BCUT2D eigenvalue weighted by Gasteiger charge is -2.09. The van der Waals surface area contributed by atoms with E-state index in [1.165, 1.54) is 12.1 Å². The smallest absolute Gasteiger partial charge is 0.307 e. The molecule has 0 unspecified atom stereocenters. The van der Waals surface area contributed by atoms with Crippen LogP contribution in [0.15, 0.2) is 71.6 Å². The molecule has 0 radical (unpaired) electrons. The number of sulfone groups is 1. The van der Waals surface area contributed by atoms with E-state index < -0.39 is 28.3 Å². The number of fused-ring (bicyclic) bond motifs is 1. The van der Waals surface area contributed by atoms with Gasteiger partial charge in [0, 0.05) is 11.1 Å². The van der Waals surface area contributed by atoms with Gasteiger partial charge >= 0.3 is 5.97 Å². The molecule has 1 N–H and O–H groups in total. The van der Waals surface area contributed by atoms with Crippen molar-refractivity contribution < 1.29 is 22.7 Å². The molecule has 1 amide bonds. The number of amides is 1. The molecule has 7 heteroatoms. The van der Waals surface area contributed by atoms with Crippen LogP contribution >= 0.6 is 0 Å². The Bertz CT molecular complexity index is 1130. The van der Waals surface area contributed by atoms with Crippen molar-refractivity contribution in [3.8, 4) is 0 Å². The lowest BCUT2D eigenvalue weighted by molar-refractivity contribution is -0.146. The molecule has 0 aromatic heterocycles. The number of aryl methyl sites for hydroxylation is 1. The van der Waals surface area contributed by atoms with Crippen LogP contribution in [0.25, 0.3) is 10.8 Å². The van der Waals surface area contributed by atoms with Crippen molar-refractivity contribution in [2.24, 2.45) is 0 Å². The Hall–Kier alpha value is -3.19. The number of rotatable bonds is 7. The molecule has 0 spiro atoms. The number of esters is 1. The highest BCUT2D eigenvalue weighted by atomic mass is 32.2. The van der Waals surface area contributed by atoms with E-state index in [9.17, 15) is 18.0 Å². The number of benzene rings is 3. The number of nitrogens with one attached hydrogen (secondary N) is 1. The molecule has 0 aliphatic carbocycles. The quantitative estimate of drug-likeness (QED) is 0.601. The highest BCUT2D eigenvalue weighted by Crippen LogP contribution is 2.22. The summed E-state index contributed by atoms with van der Waals surface area (Å²) in [6.45, 7) is 1.38. The minimum absolute atomic E-state index is 0.157. The molecule has 0 heterocycles. The van der Waals surface area contributed by atoms with Gasteiger partial charge in [0.1, 0.15) is 0 Å². The van der Waals surface area contributed by atoms with Crippen LogP contribution in [0.1, 0.15) is 12.0 Å². The zero-order chi connectivity index (χ0) is 20.9. The van der Waals surface area contributed by atoms with Gasteiger partial charge in [-0.2, -0.15) is 0 Å².